The summed E-state index contributed by atoms with van der Waals surface area (Å²) in [5, 5.41) is 0.0727. The molecule has 11 heteroatoms. The molecule has 0 saturated carbocycles. The number of rotatable bonds is 10. The quantitative estimate of drug-likeness (QED) is 0.122. The highest BCUT2D eigenvalue weighted by Gasteiger charge is 2.29. The highest BCUT2D eigenvalue weighted by Crippen LogP contribution is 2.35. The van der Waals surface area contributed by atoms with Crippen LogP contribution in [0.4, 0.5) is 10.2 Å². The van der Waals surface area contributed by atoms with Crippen molar-refractivity contribution in [3.8, 4) is 5.75 Å². The molecule has 1 amide bonds. The van der Waals surface area contributed by atoms with Gasteiger partial charge in [-0.15, -0.1) is 0 Å². The van der Waals surface area contributed by atoms with Crippen molar-refractivity contribution >= 4 is 40.6 Å². The number of carbonyl (C=O) groups excluding carboxylic acids is 1. The molecule has 4 aromatic rings. The summed E-state index contributed by atoms with van der Waals surface area (Å²) in [4.78, 5) is 28.1. The summed E-state index contributed by atoms with van der Waals surface area (Å²) in [5.74, 6) is 0.351. The molecule has 0 saturated heterocycles. The van der Waals surface area contributed by atoms with Gasteiger partial charge in [-0.3, -0.25) is 19.7 Å². The fourth-order valence-electron chi connectivity index (χ4n) is 4.91. The molecule has 0 radical (unpaired) electrons. The third-order valence-corrected chi connectivity index (χ3v) is 7.45. The van der Waals surface area contributed by atoms with E-state index >= 15 is 4.48 Å². The Hall–Kier alpha value is -4.05. The predicted octanol–water partition coefficient (Wildman–Crippen LogP) is 6.72. The number of carbonyl (C=O) groups is 1. The largest absolute Gasteiger partial charge is 0.492 e. The Labute approximate surface area is 253 Å². The van der Waals surface area contributed by atoms with Gasteiger partial charge in [0.15, 0.2) is 0 Å². The normalized spacial score (nSPS) is 14.8. The maximum atomic E-state index is 15.1. The Morgan fingerprint density at radius 1 is 1.02 bits per heavy atom. The van der Waals surface area contributed by atoms with E-state index in [9.17, 15) is 4.79 Å². The molecular formula is C31H29Cl2FN6O2. The molecule has 5 rings (SSSR count). The van der Waals surface area contributed by atoms with Gasteiger partial charge in [0.1, 0.15) is 11.6 Å². The molecule has 0 bridgehead atoms. The first-order chi connectivity index (χ1) is 20.4. The number of hydrogen-bond acceptors (Lipinski definition) is 6. The van der Waals surface area contributed by atoms with Crippen LogP contribution in [0, 0.1) is 0 Å². The van der Waals surface area contributed by atoms with Crippen molar-refractivity contribution in [2.75, 3.05) is 13.2 Å². The summed E-state index contributed by atoms with van der Waals surface area (Å²) in [5.41, 5.74) is 9.42. The Balaban J connectivity index is 1.35. The van der Waals surface area contributed by atoms with Crippen molar-refractivity contribution < 1.29 is 14.0 Å². The number of ether oxygens (including phenoxy) is 1. The number of para-hydroxylation sites is 1. The molecule has 3 heterocycles. The van der Waals surface area contributed by atoms with Gasteiger partial charge in [0.05, 0.1) is 46.2 Å². The second kappa shape index (κ2) is 13.7. The molecule has 8 nitrogen and oxygen atoms in total. The van der Waals surface area contributed by atoms with Crippen LogP contribution in [0.2, 0.25) is 10.0 Å². The van der Waals surface area contributed by atoms with E-state index in [4.69, 9.17) is 33.7 Å². The highest BCUT2D eigenvalue weighted by atomic mass is 35.5. The number of amides is 1. The summed E-state index contributed by atoms with van der Waals surface area (Å²) in [6, 6.07) is 20.8. The maximum absolute atomic E-state index is 15.1. The van der Waals surface area contributed by atoms with Crippen LogP contribution in [-0.4, -0.2) is 44.9 Å². The molecule has 1 aliphatic rings. The van der Waals surface area contributed by atoms with Crippen LogP contribution < -0.4 is 10.5 Å². The van der Waals surface area contributed by atoms with E-state index in [1.54, 1.807) is 12.3 Å². The zero-order chi connectivity index (χ0) is 29.5. The lowest BCUT2D eigenvalue weighted by Gasteiger charge is -2.35. The van der Waals surface area contributed by atoms with Crippen molar-refractivity contribution in [1.29, 1.82) is 0 Å². The molecule has 1 atom stereocenters. The third kappa shape index (κ3) is 7.23. The lowest BCUT2D eigenvalue weighted by molar-refractivity contribution is 0.0148. The minimum absolute atomic E-state index is 0.0139. The molecule has 216 valence electrons. The lowest BCUT2D eigenvalue weighted by Crippen LogP contribution is -2.35. The SMILES string of the molecule is NC(CCN(Cc1cccc(CN(F)C(=O)c2c(Cl)cncc2Cl)c1)C1CCOc2cccnc21)=Nc1ccccc1. The Morgan fingerprint density at radius 3 is 2.52 bits per heavy atom. The van der Waals surface area contributed by atoms with Gasteiger partial charge >= 0.3 is 0 Å². The van der Waals surface area contributed by atoms with Gasteiger partial charge in [0, 0.05) is 44.5 Å². The van der Waals surface area contributed by atoms with Crippen LogP contribution in [0.1, 0.15) is 46.1 Å². The molecule has 42 heavy (non-hydrogen) atoms. The number of nitrogens with two attached hydrogens (primary N) is 1. The van der Waals surface area contributed by atoms with Gasteiger partial charge in [0.2, 0.25) is 0 Å². The first-order valence-corrected chi connectivity index (χ1v) is 14.2. The standard InChI is InChI=1S/C31H29Cl2FN6O2/c32-24-17-36-18-25(33)29(24)31(41)40(34)20-22-7-4-6-21(16-22)19-39(14-11-28(35)38-23-8-2-1-3-9-23)26-12-15-42-27-10-5-13-37-30(26)27/h1-10,13,16-18,26H,11-12,14-15,19-20H2,(H2,35,38). The van der Waals surface area contributed by atoms with E-state index in [0.717, 1.165) is 29.1 Å². The molecule has 2 N–H and O–H groups in total. The minimum Gasteiger partial charge on any atom is -0.492 e. The monoisotopic (exact) mass is 606 g/mol. The first-order valence-electron chi connectivity index (χ1n) is 13.4. The fourth-order valence-corrected chi connectivity index (χ4v) is 5.43. The number of fused-ring (bicyclic) bond motifs is 1. The van der Waals surface area contributed by atoms with E-state index in [1.165, 1.54) is 12.4 Å². The second-order valence-corrected chi connectivity index (χ2v) is 10.6. The van der Waals surface area contributed by atoms with E-state index in [2.05, 4.69) is 19.9 Å². The number of aromatic nitrogens is 2. The van der Waals surface area contributed by atoms with Crippen molar-refractivity contribution in [3.63, 3.8) is 0 Å². The smallest absolute Gasteiger partial charge is 0.284 e. The van der Waals surface area contributed by atoms with Crippen LogP contribution in [-0.2, 0) is 13.1 Å². The lowest BCUT2D eigenvalue weighted by atomic mass is 10.0. The van der Waals surface area contributed by atoms with Crippen molar-refractivity contribution in [1.82, 2.24) is 20.0 Å². The number of amidine groups is 1. The van der Waals surface area contributed by atoms with Crippen LogP contribution >= 0.6 is 23.2 Å². The molecule has 1 unspecified atom stereocenters. The van der Waals surface area contributed by atoms with Crippen LogP contribution in [0.15, 0.2) is 90.3 Å². The van der Waals surface area contributed by atoms with Crippen LogP contribution in [0.5, 0.6) is 5.75 Å². The summed E-state index contributed by atoms with van der Waals surface area (Å²) < 4.78 is 20.9. The molecule has 2 aromatic carbocycles. The predicted molar refractivity (Wildman–Crippen MR) is 162 cm³/mol. The van der Waals surface area contributed by atoms with Crippen LogP contribution in [0.25, 0.3) is 0 Å². The summed E-state index contributed by atoms with van der Waals surface area (Å²) in [7, 11) is 0. The topological polar surface area (TPSA) is 96.9 Å². The fraction of sp³-hybridized carbons (Fsp3) is 0.226. The van der Waals surface area contributed by atoms with E-state index in [0.29, 0.717) is 37.5 Å². The van der Waals surface area contributed by atoms with Gasteiger partial charge in [0.25, 0.3) is 5.91 Å². The van der Waals surface area contributed by atoms with Crippen molar-refractivity contribution in [3.05, 3.63) is 118 Å². The van der Waals surface area contributed by atoms with Gasteiger partial charge in [-0.25, -0.2) is 4.99 Å². The number of aliphatic imine (C=N–C) groups is 1. The number of hydrogen-bond donors (Lipinski definition) is 1. The van der Waals surface area contributed by atoms with E-state index < -0.39 is 5.91 Å². The zero-order valence-electron chi connectivity index (χ0n) is 22.7. The van der Waals surface area contributed by atoms with Crippen LogP contribution in [0.3, 0.4) is 0 Å². The van der Waals surface area contributed by atoms with Gasteiger partial charge in [-0.05, 0) is 35.4 Å². The Bertz CT molecular complexity index is 1550. The molecule has 0 spiro atoms. The molecule has 0 fully saturated rings. The molecule has 1 aliphatic heterocycles. The first kappa shape index (κ1) is 29.4. The van der Waals surface area contributed by atoms with Gasteiger partial charge in [-0.1, -0.05) is 70.1 Å². The second-order valence-electron chi connectivity index (χ2n) is 9.82. The average Bonchev–Trinajstić information content (AvgIpc) is 2.99. The number of benzene rings is 2. The average molecular weight is 608 g/mol. The van der Waals surface area contributed by atoms with E-state index in [-0.39, 0.29) is 33.3 Å². The third-order valence-electron chi connectivity index (χ3n) is 6.88. The van der Waals surface area contributed by atoms with E-state index in [1.807, 2.05) is 60.7 Å². The highest BCUT2D eigenvalue weighted by molar-refractivity contribution is 6.39. The molecule has 2 aromatic heterocycles. The van der Waals surface area contributed by atoms with Gasteiger partial charge < -0.3 is 10.5 Å². The minimum atomic E-state index is -0.933. The van der Waals surface area contributed by atoms with Crippen molar-refractivity contribution in [2.45, 2.75) is 32.0 Å². The number of nitrogens with zero attached hydrogens (tertiary/aromatic N) is 5. The Morgan fingerprint density at radius 2 is 1.76 bits per heavy atom. The summed E-state index contributed by atoms with van der Waals surface area (Å²) >= 11 is 12.1. The van der Waals surface area contributed by atoms with Crippen molar-refractivity contribution in [2.24, 2.45) is 10.7 Å². The maximum Gasteiger partial charge on any atom is 0.284 e. The molecular weight excluding hydrogens is 578 g/mol. The number of pyridine rings is 2. The number of halogens is 3. The summed E-state index contributed by atoms with van der Waals surface area (Å²) in [6.45, 7) is 1.43. The van der Waals surface area contributed by atoms with Gasteiger partial charge in [-0.2, -0.15) is 5.12 Å². The Kier molecular flexibility index (Phi) is 9.63. The molecule has 0 aliphatic carbocycles. The zero-order valence-corrected chi connectivity index (χ0v) is 24.2. The summed E-state index contributed by atoms with van der Waals surface area (Å²) in [6.07, 6.45) is 5.56.